The average molecular weight is 614 g/mol. The summed E-state index contributed by atoms with van der Waals surface area (Å²) in [6, 6.07) is 14.2. The molecule has 6 rings (SSSR count). The molecule has 1 aliphatic carbocycles. The fourth-order valence-electron chi connectivity index (χ4n) is 6.79. The molecule has 1 atom stereocenters. The molecule has 7 nitrogen and oxygen atoms in total. The molecule has 0 bridgehead atoms. The largest absolute Gasteiger partial charge is 0.371 e. The summed E-state index contributed by atoms with van der Waals surface area (Å²) >= 11 is 12.5. The predicted molar refractivity (Wildman–Crippen MR) is 162 cm³/mol. The first-order valence-corrected chi connectivity index (χ1v) is 16.4. The molecule has 2 aromatic carbocycles. The van der Waals surface area contributed by atoms with Gasteiger partial charge in [0.2, 0.25) is 10.0 Å². The van der Waals surface area contributed by atoms with Crippen LogP contribution < -0.4 is 4.90 Å². The van der Waals surface area contributed by atoms with E-state index in [-0.39, 0.29) is 20.8 Å². The first-order valence-electron chi connectivity index (χ1n) is 14.2. The van der Waals surface area contributed by atoms with Crippen molar-refractivity contribution in [3.8, 4) is 0 Å². The van der Waals surface area contributed by atoms with E-state index in [2.05, 4.69) is 22.0 Å². The summed E-state index contributed by atoms with van der Waals surface area (Å²) in [5.74, 6) is 0.0159. The Labute approximate surface area is 252 Å². The Morgan fingerprint density at radius 2 is 1.59 bits per heavy atom. The zero-order valence-electron chi connectivity index (χ0n) is 23.1. The summed E-state index contributed by atoms with van der Waals surface area (Å²) in [6.07, 6.45) is 9.35. The number of nitrogens with zero attached hydrogens (tertiary/aromatic N) is 4. The molecule has 3 aromatic rings. The summed E-state index contributed by atoms with van der Waals surface area (Å²) in [6.45, 7) is 3.54. The number of sulfonamides is 1. The number of amides is 1. The maximum Gasteiger partial charge on any atom is 0.253 e. The molecule has 0 radical (unpaired) electrons. The molecule has 2 fully saturated rings. The van der Waals surface area contributed by atoms with Crippen LogP contribution in [0, 0.1) is 5.41 Å². The van der Waals surface area contributed by atoms with Gasteiger partial charge in [-0.15, -0.1) is 0 Å². The van der Waals surface area contributed by atoms with Gasteiger partial charge in [0.1, 0.15) is 4.90 Å². The molecule has 41 heavy (non-hydrogen) atoms. The van der Waals surface area contributed by atoms with Gasteiger partial charge in [0.05, 0.1) is 16.1 Å². The lowest BCUT2D eigenvalue weighted by Crippen LogP contribution is -2.48. The zero-order valence-corrected chi connectivity index (χ0v) is 25.4. The molecule has 1 aromatic heterocycles. The van der Waals surface area contributed by atoms with Gasteiger partial charge >= 0.3 is 0 Å². The Kier molecular flexibility index (Phi) is 7.78. The third-order valence-electron chi connectivity index (χ3n) is 9.40. The maximum absolute atomic E-state index is 13.6. The number of rotatable bonds is 5. The van der Waals surface area contributed by atoms with Gasteiger partial charge in [-0.2, -0.15) is 4.31 Å². The van der Waals surface area contributed by atoms with Crippen molar-refractivity contribution in [3.63, 3.8) is 0 Å². The van der Waals surface area contributed by atoms with E-state index in [1.807, 2.05) is 35.5 Å². The Bertz CT molecular complexity index is 1530. The van der Waals surface area contributed by atoms with Crippen LogP contribution in [0.4, 0.5) is 5.69 Å². The third kappa shape index (κ3) is 5.36. The third-order valence-corrected chi connectivity index (χ3v) is 12.2. The molecule has 0 N–H and O–H groups in total. The van der Waals surface area contributed by atoms with Gasteiger partial charge < -0.3 is 9.80 Å². The van der Waals surface area contributed by atoms with Crippen molar-refractivity contribution >= 4 is 44.8 Å². The van der Waals surface area contributed by atoms with Gasteiger partial charge in [0.15, 0.2) is 0 Å². The minimum absolute atomic E-state index is 0.0159. The lowest BCUT2D eigenvalue weighted by Gasteiger charge is -2.47. The van der Waals surface area contributed by atoms with E-state index >= 15 is 0 Å². The number of anilines is 1. The van der Waals surface area contributed by atoms with Crippen LogP contribution in [0.1, 0.15) is 59.6 Å². The van der Waals surface area contributed by atoms with Crippen LogP contribution in [0.2, 0.25) is 10.0 Å². The lowest BCUT2D eigenvalue weighted by molar-refractivity contribution is 0.0515. The Hall–Kier alpha value is -2.65. The SMILES string of the molecule is CN(C1CCc2ccc(C(=O)N3CCC4(CC3)CCN(c3ccncc3)CC4)cc21)S(=O)(=O)c1c(Cl)cccc1Cl. The highest BCUT2D eigenvalue weighted by Gasteiger charge is 2.40. The van der Waals surface area contributed by atoms with Gasteiger partial charge in [0.25, 0.3) is 5.91 Å². The fraction of sp³-hybridized carbons (Fsp3) is 0.419. The van der Waals surface area contributed by atoms with E-state index in [9.17, 15) is 13.2 Å². The van der Waals surface area contributed by atoms with Crippen LogP contribution in [0.5, 0.6) is 0 Å². The van der Waals surface area contributed by atoms with Crippen molar-refractivity contribution in [2.75, 3.05) is 38.1 Å². The number of pyridine rings is 1. The molecule has 0 saturated carbocycles. The highest BCUT2D eigenvalue weighted by atomic mass is 35.5. The number of piperidine rings is 2. The van der Waals surface area contributed by atoms with E-state index < -0.39 is 16.1 Å². The zero-order chi connectivity index (χ0) is 28.8. The van der Waals surface area contributed by atoms with Crippen molar-refractivity contribution in [1.82, 2.24) is 14.2 Å². The highest BCUT2D eigenvalue weighted by Crippen LogP contribution is 2.43. The summed E-state index contributed by atoms with van der Waals surface area (Å²) < 4.78 is 28.5. The number of fused-ring (bicyclic) bond motifs is 1. The monoisotopic (exact) mass is 612 g/mol. The molecule has 3 heterocycles. The van der Waals surface area contributed by atoms with Crippen LogP contribution in [-0.2, 0) is 16.4 Å². The van der Waals surface area contributed by atoms with Crippen molar-refractivity contribution in [2.45, 2.75) is 49.5 Å². The van der Waals surface area contributed by atoms with E-state index in [0.717, 1.165) is 69.4 Å². The van der Waals surface area contributed by atoms with Gasteiger partial charge in [-0.25, -0.2) is 8.42 Å². The number of halogens is 2. The number of hydrogen-bond acceptors (Lipinski definition) is 5. The Morgan fingerprint density at radius 1 is 0.951 bits per heavy atom. The number of hydrogen-bond donors (Lipinski definition) is 0. The van der Waals surface area contributed by atoms with Gasteiger partial charge in [-0.05, 0) is 91.5 Å². The van der Waals surface area contributed by atoms with Crippen molar-refractivity contribution in [2.24, 2.45) is 5.41 Å². The molecule has 1 amide bonds. The highest BCUT2D eigenvalue weighted by molar-refractivity contribution is 7.89. The molecule has 2 aliphatic heterocycles. The van der Waals surface area contributed by atoms with Crippen LogP contribution in [0.25, 0.3) is 0 Å². The molecule has 1 spiro atoms. The second kappa shape index (κ2) is 11.2. The number of carbonyl (C=O) groups excluding carboxylic acids is 1. The quantitative estimate of drug-likeness (QED) is 0.342. The van der Waals surface area contributed by atoms with Gasteiger partial charge in [0, 0.05) is 56.9 Å². The first-order chi connectivity index (χ1) is 19.7. The van der Waals surface area contributed by atoms with E-state index in [4.69, 9.17) is 23.2 Å². The number of aromatic nitrogens is 1. The average Bonchev–Trinajstić information content (AvgIpc) is 3.41. The molecule has 216 valence electrons. The summed E-state index contributed by atoms with van der Waals surface area (Å²) in [4.78, 5) is 22.1. The molecule has 2 saturated heterocycles. The minimum Gasteiger partial charge on any atom is -0.371 e. The number of likely N-dealkylation sites (tertiary alicyclic amines) is 1. The Morgan fingerprint density at radius 3 is 2.24 bits per heavy atom. The van der Waals surface area contributed by atoms with Gasteiger partial charge in [-0.3, -0.25) is 9.78 Å². The molecular formula is C31H34Cl2N4O3S. The smallest absolute Gasteiger partial charge is 0.253 e. The second-order valence-electron chi connectivity index (χ2n) is 11.5. The van der Waals surface area contributed by atoms with E-state index in [1.54, 1.807) is 13.1 Å². The lowest BCUT2D eigenvalue weighted by atomic mass is 9.71. The van der Waals surface area contributed by atoms with Crippen molar-refractivity contribution in [3.05, 3.63) is 87.7 Å². The number of carbonyl (C=O) groups is 1. The Balaban J connectivity index is 1.13. The van der Waals surface area contributed by atoms with Crippen LogP contribution in [0.15, 0.2) is 65.8 Å². The summed E-state index contributed by atoms with van der Waals surface area (Å²) in [7, 11) is -2.39. The summed E-state index contributed by atoms with van der Waals surface area (Å²) in [5.41, 5.74) is 4.08. The van der Waals surface area contributed by atoms with E-state index in [1.165, 1.54) is 22.1 Å². The predicted octanol–water partition coefficient (Wildman–Crippen LogP) is 6.22. The molecule has 1 unspecified atom stereocenters. The topological polar surface area (TPSA) is 73.8 Å². The first kappa shape index (κ1) is 28.5. The van der Waals surface area contributed by atoms with Gasteiger partial charge in [-0.1, -0.05) is 35.3 Å². The van der Waals surface area contributed by atoms with Crippen LogP contribution >= 0.6 is 23.2 Å². The standard InChI is InChI=1S/C31H34Cl2N4O3S/c1-35(41(39,40)29-26(32)3-2-4-27(29)33)28-8-7-22-5-6-23(21-25(22)28)30(38)37-19-13-31(14-20-37)11-17-36(18-12-31)24-9-15-34-16-10-24/h2-6,9-10,15-16,21,28H,7-8,11-14,17-20H2,1H3. The number of aryl methyl sites for hydroxylation is 1. The molecular weight excluding hydrogens is 579 g/mol. The van der Waals surface area contributed by atoms with Crippen molar-refractivity contribution < 1.29 is 13.2 Å². The molecule has 3 aliphatic rings. The van der Waals surface area contributed by atoms with Crippen LogP contribution in [0.3, 0.4) is 0 Å². The van der Waals surface area contributed by atoms with Crippen molar-refractivity contribution in [1.29, 1.82) is 0 Å². The second-order valence-corrected chi connectivity index (χ2v) is 14.3. The minimum atomic E-state index is -3.95. The molecule has 10 heteroatoms. The fourth-order valence-corrected chi connectivity index (χ4v) is 9.25. The number of benzene rings is 2. The normalized spacial score (nSPS) is 20.4. The van der Waals surface area contributed by atoms with E-state index in [0.29, 0.717) is 17.4 Å². The van der Waals surface area contributed by atoms with Crippen LogP contribution in [-0.4, -0.2) is 61.7 Å². The maximum atomic E-state index is 13.6. The summed E-state index contributed by atoms with van der Waals surface area (Å²) in [5, 5.41) is 0.190.